The van der Waals surface area contributed by atoms with E-state index in [0.717, 1.165) is 22.4 Å². The number of esters is 1. The Balaban J connectivity index is 1.43. The fraction of sp³-hybridized carbons (Fsp3) is 0.0476. The van der Waals surface area contributed by atoms with Gasteiger partial charge in [-0.3, -0.25) is 9.78 Å². The quantitative estimate of drug-likeness (QED) is 0.523. The summed E-state index contributed by atoms with van der Waals surface area (Å²) >= 11 is 0. The van der Waals surface area contributed by atoms with Crippen LogP contribution in [0.4, 0.5) is 5.69 Å². The predicted molar refractivity (Wildman–Crippen MR) is 105 cm³/mol. The first kappa shape index (κ1) is 17.4. The molecule has 0 fully saturated rings. The van der Waals surface area contributed by atoms with Crippen LogP contribution in [0.2, 0.25) is 0 Å². The van der Waals surface area contributed by atoms with E-state index in [-0.39, 0.29) is 6.61 Å². The molecule has 138 valence electrons. The number of hydrogen-bond acceptors (Lipinski definition) is 5. The van der Waals surface area contributed by atoms with Gasteiger partial charge in [0.15, 0.2) is 6.61 Å². The van der Waals surface area contributed by atoms with Gasteiger partial charge in [-0.05, 0) is 30.3 Å². The van der Waals surface area contributed by atoms with Crippen molar-refractivity contribution in [2.24, 2.45) is 0 Å². The molecule has 0 spiro atoms. The number of aromatic amines is 1. The third-order valence-electron chi connectivity index (χ3n) is 4.06. The summed E-state index contributed by atoms with van der Waals surface area (Å²) in [5.74, 6) is -0.283. The van der Waals surface area contributed by atoms with Gasteiger partial charge in [0.1, 0.15) is 5.82 Å². The second-order valence-corrected chi connectivity index (χ2v) is 6.04. The second-order valence-electron chi connectivity index (χ2n) is 6.04. The van der Waals surface area contributed by atoms with Crippen LogP contribution in [0.25, 0.3) is 22.4 Å². The van der Waals surface area contributed by atoms with Crippen LogP contribution in [0.1, 0.15) is 10.4 Å². The van der Waals surface area contributed by atoms with E-state index < -0.39 is 11.9 Å². The Hall–Kier alpha value is -4.00. The fourth-order valence-electron chi connectivity index (χ4n) is 2.72. The molecule has 2 aromatic carbocycles. The van der Waals surface area contributed by atoms with Crippen molar-refractivity contribution in [3.63, 3.8) is 0 Å². The van der Waals surface area contributed by atoms with E-state index in [1.165, 1.54) is 0 Å². The number of anilines is 1. The molecule has 28 heavy (non-hydrogen) atoms. The summed E-state index contributed by atoms with van der Waals surface area (Å²) in [6.45, 7) is -0.378. The smallest absolute Gasteiger partial charge is 0.338 e. The van der Waals surface area contributed by atoms with Crippen LogP contribution in [-0.2, 0) is 9.53 Å². The molecule has 2 N–H and O–H groups in total. The van der Waals surface area contributed by atoms with Crippen molar-refractivity contribution >= 4 is 28.6 Å². The van der Waals surface area contributed by atoms with Crippen molar-refractivity contribution in [2.75, 3.05) is 11.9 Å². The molecule has 7 nitrogen and oxygen atoms in total. The number of aromatic nitrogens is 3. The Morgan fingerprint density at radius 3 is 2.57 bits per heavy atom. The van der Waals surface area contributed by atoms with Gasteiger partial charge in [0, 0.05) is 23.6 Å². The van der Waals surface area contributed by atoms with Gasteiger partial charge in [-0.2, -0.15) is 0 Å². The molecule has 1 amide bonds. The summed E-state index contributed by atoms with van der Waals surface area (Å²) < 4.78 is 5.10. The number of fused-ring (bicyclic) bond motifs is 1. The number of amides is 1. The molecule has 2 aromatic heterocycles. The highest BCUT2D eigenvalue weighted by molar-refractivity contribution is 5.97. The SMILES string of the molecule is O=C(COC(=O)c1ccc2nc(-c3ccccc3)[nH]c2c1)Nc1ccncc1. The van der Waals surface area contributed by atoms with Crippen molar-refractivity contribution in [1.29, 1.82) is 0 Å². The number of carbonyl (C=O) groups is 2. The number of rotatable bonds is 5. The van der Waals surface area contributed by atoms with Crippen molar-refractivity contribution in [2.45, 2.75) is 0 Å². The molecule has 0 unspecified atom stereocenters. The number of hydrogen-bond donors (Lipinski definition) is 2. The summed E-state index contributed by atoms with van der Waals surface area (Å²) in [5.41, 5.74) is 3.34. The third-order valence-corrected chi connectivity index (χ3v) is 4.06. The highest BCUT2D eigenvalue weighted by Crippen LogP contribution is 2.21. The molecule has 0 saturated heterocycles. The molecule has 0 radical (unpaired) electrons. The van der Waals surface area contributed by atoms with Gasteiger partial charge < -0.3 is 15.0 Å². The number of pyridine rings is 1. The normalized spacial score (nSPS) is 10.6. The van der Waals surface area contributed by atoms with E-state index in [1.807, 2.05) is 30.3 Å². The lowest BCUT2D eigenvalue weighted by atomic mass is 10.2. The van der Waals surface area contributed by atoms with E-state index in [0.29, 0.717) is 11.3 Å². The molecule has 0 atom stereocenters. The number of nitrogens with one attached hydrogen (secondary N) is 2. The number of carbonyl (C=O) groups excluding carboxylic acids is 2. The number of H-pyrrole nitrogens is 1. The molecule has 2 heterocycles. The first-order valence-electron chi connectivity index (χ1n) is 8.61. The van der Waals surface area contributed by atoms with Crippen molar-refractivity contribution in [3.8, 4) is 11.4 Å². The molecule has 0 aliphatic rings. The van der Waals surface area contributed by atoms with Crippen LogP contribution in [0, 0.1) is 0 Å². The van der Waals surface area contributed by atoms with E-state index in [9.17, 15) is 9.59 Å². The van der Waals surface area contributed by atoms with Crippen LogP contribution in [0.3, 0.4) is 0 Å². The monoisotopic (exact) mass is 372 g/mol. The number of imidazole rings is 1. The number of nitrogens with zero attached hydrogens (tertiary/aromatic N) is 2. The molecule has 4 aromatic rings. The van der Waals surface area contributed by atoms with Gasteiger partial charge in [-0.15, -0.1) is 0 Å². The van der Waals surface area contributed by atoms with Gasteiger partial charge >= 0.3 is 5.97 Å². The number of ether oxygens (including phenoxy) is 1. The standard InChI is InChI=1S/C21H16N4O3/c26-19(23-16-8-10-22-11-9-16)13-28-21(27)15-6-7-17-18(12-15)25-20(24-17)14-4-2-1-3-5-14/h1-12H,13H2,(H,24,25)(H,22,23,26). The average Bonchev–Trinajstić information content (AvgIpc) is 3.17. The maximum absolute atomic E-state index is 12.3. The predicted octanol–water partition coefficient (Wildman–Crippen LogP) is 3.42. The zero-order chi connectivity index (χ0) is 19.3. The van der Waals surface area contributed by atoms with Crippen LogP contribution in [0.5, 0.6) is 0 Å². The largest absolute Gasteiger partial charge is 0.452 e. The highest BCUT2D eigenvalue weighted by Gasteiger charge is 2.13. The van der Waals surface area contributed by atoms with Crippen LogP contribution in [0.15, 0.2) is 73.1 Å². The molecular formula is C21H16N4O3. The molecule has 4 rings (SSSR count). The fourth-order valence-corrected chi connectivity index (χ4v) is 2.72. The minimum absolute atomic E-state index is 0.340. The second kappa shape index (κ2) is 7.71. The first-order valence-corrected chi connectivity index (χ1v) is 8.61. The van der Waals surface area contributed by atoms with E-state index in [1.54, 1.807) is 42.7 Å². The maximum Gasteiger partial charge on any atom is 0.338 e. The van der Waals surface area contributed by atoms with Gasteiger partial charge in [0.25, 0.3) is 5.91 Å². The Bertz CT molecular complexity index is 1120. The lowest BCUT2D eigenvalue weighted by Crippen LogP contribution is -2.20. The molecule has 0 bridgehead atoms. The Morgan fingerprint density at radius 1 is 1.00 bits per heavy atom. The van der Waals surface area contributed by atoms with Crippen molar-refractivity contribution < 1.29 is 14.3 Å². The minimum atomic E-state index is -0.581. The molecule has 0 saturated carbocycles. The van der Waals surface area contributed by atoms with E-state index in [2.05, 4.69) is 20.3 Å². The zero-order valence-corrected chi connectivity index (χ0v) is 14.8. The maximum atomic E-state index is 12.3. The van der Waals surface area contributed by atoms with Crippen LogP contribution >= 0.6 is 0 Å². The lowest BCUT2D eigenvalue weighted by molar-refractivity contribution is -0.119. The molecule has 0 aliphatic carbocycles. The van der Waals surface area contributed by atoms with Crippen molar-refractivity contribution in [1.82, 2.24) is 15.0 Å². The van der Waals surface area contributed by atoms with E-state index >= 15 is 0 Å². The Labute approximate surface area is 160 Å². The summed E-state index contributed by atoms with van der Waals surface area (Å²) in [6.07, 6.45) is 3.12. The Morgan fingerprint density at radius 2 is 1.79 bits per heavy atom. The third kappa shape index (κ3) is 3.88. The molecule has 7 heteroatoms. The lowest BCUT2D eigenvalue weighted by Gasteiger charge is -2.06. The first-order chi connectivity index (χ1) is 13.7. The van der Waals surface area contributed by atoms with Crippen LogP contribution < -0.4 is 5.32 Å². The van der Waals surface area contributed by atoms with Crippen LogP contribution in [-0.4, -0.2) is 33.4 Å². The molecular weight excluding hydrogens is 356 g/mol. The van der Waals surface area contributed by atoms with Gasteiger partial charge in [-0.1, -0.05) is 30.3 Å². The van der Waals surface area contributed by atoms with E-state index in [4.69, 9.17) is 4.74 Å². The summed E-state index contributed by atoms with van der Waals surface area (Å²) in [6, 6.07) is 18.0. The highest BCUT2D eigenvalue weighted by atomic mass is 16.5. The molecule has 0 aliphatic heterocycles. The van der Waals surface area contributed by atoms with Gasteiger partial charge in [-0.25, -0.2) is 9.78 Å². The summed E-state index contributed by atoms with van der Waals surface area (Å²) in [5, 5.41) is 2.63. The topological polar surface area (TPSA) is 97.0 Å². The summed E-state index contributed by atoms with van der Waals surface area (Å²) in [7, 11) is 0. The zero-order valence-electron chi connectivity index (χ0n) is 14.8. The summed E-state index contributed by atoms with van der Waals surface area (Å²) in [4.78, 5) is 35.8. The number of benzene rings is 2. The minimum Gasteiger partial charge on any atom is -0.452 e. The average molecular weight is 372 g/mol. The van der Waals surface area contributed by atoms with Gasteiger partial charge in [0.05, 0.1) is 16.6 Å². The van der Waals surface area contributed by atoms with Gasteiger partial charge in [0.2, 0.25) is 0 Å². The van der Waals surface area contributed by atoms with Crippen molar-refractivity contribution in [3.05, 3.63) is 78.6 Å². The Kier molecular flexibility index (Phi) is 4.79.